The van der Waals surface area contributed by atoms with E-state index in [0.29, 0.717) is 6.42 Å². The first-order chi connectivity index (χ1) is 5.81. The Bertz CT molecular complexity index is 187. The molecule has 0 rings (SSSR count). The number of ketones is 1. The Kier molecular flexibility index (Phi) is 7.25. The molecule has 0 saturated carbocycles. The molecule has 0 spiro atoms. The number of hydrogen-bond acceptors (Lipinski definition) is 1. The van der Waals surface area contributed by atoms with Gasteiger partial charge in [-0.05, 0) is 12.5 Å². The van der Waals surface area contributed by atoms with Crippen LogP contribution in [0.1, 0.15) is 26.2 Å². The minimum atomic E-state index is 0.103. The summed E-state index contributed by atoms with van der Waals surface area (Å²) < 4.78 is 0. The fourth-order valence-corrected chi connectivity index (χ4v) is 0.715. The van der Waals surface area contributed by atoms with E-state index in [1.807, 2.05) is 6.08 Å². The SMILES string of the molecule is C=CCC(=O)/C=C/C=C/CCC. The van der Waals surface area contributed by atoms with Crippen LogP contribution in [0.3, 0.4) is 0 Å². The lowest BCUT2D eigenvalue weighted by Gasteiger charge is -1.83. The zero-order chi connectivity index (χ0) is 9.23. The van der Waals surface area contributed by atoms with E-state index in [4.69, 9.17) is 0 Å². The van der Waals surface area contributed by atoms with E-state index in [-0.39, 0.29) is 5.78 Å². The summed E-state index contributed by atoms with van der Waals surface area (Å²) in [6.45, 7) is 5.61. The number of hydrogen-bond donors (Lipinski definition) is 0. The first kappa shape index (κ1) is 10.9. The molecule has 1 heteroatoms. The predicted octanol–water partition coefficient (Wildman–Crippen LogP) is 3.04. The second-order valence-corrected chi connectivity index (χ2v) is 2.54. The van der Waals surface area contributed by atoms with Gasteiger partial charge in [0.15, 0.2) is 5.78 Å². The summed E-state index contributed by atoms with van der Waals surface area (Å²) in [6.07, 6.45) is 11.6. The number of allylic oxidation sites excluding steroid dienone is 5. The van der Waals surface area contributed by atoms with E-state index in [9.17, 15) is 4.79 Å². The smallest absolute Gasteiger partial charge is 0.159 e. The first-order valence-electron chi connectivity index (χ1n) is 4.28. The Balaban J connectivity index is 3.60. The zero-order valence-electron chi connectivity index (χ0n) is 7.62. The molecular weight excluding hydrogens is 148 g/mol. The van der Waals surface area contributed by atoms with Crippen molar-refractivity contribution in [2.24, 2.45) is 0 Å². The van der Waals surface area contributed by atoms with Crippen LogP contribution in [0.5, 0.6) is 0 Å². The largest absolute Gasteiger partial charge is 0.295 e. The molecule has 12 heavy (non-hydrogen) atoms. The molecular formula is C11H16O. The monoisotopic (exact) mass is 164 g/mol. The first-order valence-corrected chi connectivity index (χ1v) is 4.28. The molecule has 0 aliphatic rings. The van der Waals surface area contributed by atoms with Crippen LogP contribution in [0.2, 0.25) is 0 Å². The van der Waals surface area contributed by atoms with Crippen LogP contribution < -0.4 is 0 Å². The highest BCUT2D eigenvalue weighted by Crippen LogP contribution is 1.90. The van der Waals surface area contributed by atoms with Gasteiger partial charge in [-0.3, -0.25) is 4.79 Å². The Morgan fingerprint density at radius 2 is 2.17 bits per heavy atom. The fourth-order valence-electron chi connectivity index (χ4n) is 0.715. The topological polar surface area (TPSA) is 17.1 Å². The van der Waals surface area contributed by atoms with Crippen molar-refractivity contribution in [2.45, 2.75) is 26.2 Å². The van der Waals surface area contributed by atoms with Crippen molar-refractivity contribution in [1.82, 2.24) is 0 Å². The molecule has 0 aliphatic heterocycles. The van der Waals surface area contributed by atoms with Gasteiger partial charge in [0.2, 0.25) is 0 Å². The highest BCUT2D eigenvalue weighted by atomic mass is 16.1. The number of unbranched alkanes of at least 4 members (excludes halogenated alkanes) is 1. The van der Waals surface area contributed by atoms with Gasteiger partial charge in [0, 0.05) is 6.42 Å². The van der Waals surface area contributed by atoms with Gasteiger partial charge in [-0.25, -0.2) is 0 Å². The summed E-state index contributed by atoms with van der Waals surface area (Å²) in [4.78, 5) is 10.9. The lowest BCUT2D eigenvalue weighted by molar-refractivity contribution is -0.113. The van der Waals surface area contributed by atoms with Crippen LogP contribution in [0, 0.1) is 0 Å². The zero-order valence-corrected chi connectivity index (χ0v) is 7.62. The summed E-state index contributed by atoms with van der Waals surface area (Å²) in [6, 6.07) is 0. The van der Waals surface area contributed by atoms with E-state index < -0.39 is 0 Å². The van der Waals surface area contributed by atoms with Gasteiger partial charge in [0.1, 0.15) is 0 Å². The van der Waals surface area contributed by atoms with Crippen molar-refractivity contribution in [3.05, 3.63) is 37.0 Å². The molecule has 0 aromatic rings. The van der Waals surface area contributed by atoms with Gasteiger partial charge in [-0.15, -0.1) is 6.58 Å². The molecule has 0 atom stereocenters. The average Bonchev–Trinajstić information content (AvgIpc) is 2.05. The van der Waals surface area contributed by atoms with Crippen molar-refractivity contribution in [1.29, 1.82) is 0 Å². The molecule has 0 radical (unpaired) electrons. The minimum absolute atomic E-state index is 0.103. The molecule has 0 unspecified atom stereocenters. The number of carbonyl (C=O) groups excluding carboxylic acids is 1. The van der Waals surface area contributed by atoms with Crippen LogP contribution >= 0.6 is 0 Å². The van der Waals surface area contributed by atoms with Crippen molar-refractivity contribution in [3.8, 4) is 0 Å². The number of rotatable bonds is 6. The highest BCUT2D eigenvalue weighted by molar-refractivity contribution is 5.90. The Labute approximate surface area is 74.5 Å². The van der Waals surface area contributed by atoms with Gasteiger partial charge in [0.05, 0.1) is 0 Å². The summed E-state index contributed by atoms with van der Waals surface area (Å²) >= 11 is 0. The van der Waals surface area contributed by atoms with E-state index in [1.54, 1.807) is 18.2 Å². The fraction of sp³-hybridized carbons (Fsp3) is 0.364. The van der Waals surface area contributed by atoms with Crippen LogP contribution in [-0.2, 0) is 4.79 Å². The summed E-state index contributed by atoms with van der Waals surface area (Å²) in [7, 11) is 0. The molecule has 0 bridgehead atoms. The Morgan fingerprint density at radius 3 is 2.75 bits per heavy atom. The molecule has 0 aromatic carbocycles. The normalized spacial score (nSPS) is 11.1. The van der Waals surface area contributed by atoms with Crippen LogP contribution in [-0.4, -0.2) is 5.78 Å². The molecule has 1 nitrogen and oxygen atoms in total. The molecule has 0 fully saturated rings. The third-order valence-electron chi connectivity index (χ3n) is 1.33. The van der Waals surface area contributed by atoms with Crippen LogP contribution in [0.25, 0.3) is 0 Å². The molecule has 0 amide bonds. The summed E-state index contributed by atoms with van der Waals surface area (Å²) in [5, 5.41) is 0. The third kappa shape index (κ3) is 7.00. The lowest BCUT2D eigenvalue weighted by atomic mass is 10.2. The lowest BCUT2D eigenvalue weighted by Crippen LogP contribution is -1.86. The van der Waals surface area contributed by atoms with Crippen molar-refractivity contribution < 1.29 is 4.79 Å². The van der Waals surface area contributed by atoms with Gasteiger partial charge in [0.25, 0.3) is 0 Å². The maximum atomic E-state index is 10.9. The average molecular weight is 164 g/mol. The maximum absolute atomic E-state index is 10.9. The van der Waals surface area contributed by atoms with Crippen LogP contribution in [0.15, 0.2) is 37.0 Å². The Hall–Kier alpha value is -1.11. The molecule has 0 N–H and O–H groups in total. The van der Waals surface area contributed by atoms with Gasteiger partial charge >= 0.3 is 0 Å². The van der Waals surface area contributed by atoms with E-state index in [2.05, 4.69) is 19.6 Å². The van der Waals surface area contributed by atoms with E-state index >= 15 is 0 Å². The minimum Gasteiger partial charge on any atom is -0.295 e. The van der Waals surface area contributed by atoms with E-state index in [0.717, 1.165) is 12.8 Å². The Morgan fingerprint density at radius 1 is 1.42 bits per heavy atom. The van der Waals surface area contributed by atoms with Crippen LogP contribution in [0.4, 0.5) is 0 Å². The second-order valence-electron chi connectivity index (χ2n) is 2.54. The predicted molar refractivity (Wildman–Crippen MR) is 53.0 cm³/mol. The molecule has 0 aliphatic carbocycles. The van der Waals surface area contributed by atoms with Gasteiger partial charge in [-0.1, -0.05) is 37.6 Å². The van der Waals surface area contributed by atoms with Gasteiger partial charge in [-0.2, -0.15) is 0 Å². The quantitative estimate of drug-likeness (QED) is 0.335. The van der Waals surface area contributed by atoms with Crippen molar-refractivity contribution in [2.75, 3.05) is 0 Å². The van der Waals surface area contributed by atoms with E-state index in [1.165, 1.54) is 0 Å². The molecule has 0 aromatic heterocycles. The van der Waals surface area contributed by atoms with Crippen molar-refractivity contribution in [3.63, 3.8) is 0 Å². The molecule has 66 valence electrons. The second kappa shape index (κ2) is 7.99. The van der Waals surface area contributed by atoms with Gasteiger partial charge < -0.3 is 0 Å². The standard InChI is InChI=1S/C11H16O/c1-3-5-6-7-8-10-11(12)9-4-2/h4,6-8,10H,2-3,5,9H2,1H3/b7-6+,10-8+. The molecule has 0 saturated heterocycles. The highest BCUT2D eigenvalue weighted by Gasteiger charge is 1.87. The maximum Gasteiger partial charge on any atom is 0.159 e. The van der Waals surface area contributed by atoms with Crippen molar-refractivity contribution >= 4 is 5.78 Å². The third-order valence-corrected chi connectivity index (χ3v) is 1.33. The molecule has 0 heterocycles. The summed E-state index contributed by atoms with van der Waals surface area (Å²) in [5.74, 6) is 0.103. The number of carbonyl (C=O) groups is 1. The summed E-state index contributed by atoms with van der Waals surface area (Å²) in [5.41, 5.74) is 0.